The Hall–Kier alpha value is -3.81. The average molecular weight is 493 g/mol. The number of nitrogens with one attached hydrogen (secondary N) is 2. The Kier molecular flexibility index (Phi) is 9.24. The number of carbonyl (C=O) groups excluding carboxylic acids is 2. The predicted octanol–water partition coefficient (Wildman–Crippen LogP) is -0.284. The van der Waals surface area contributed by atoms with Crippen molar-refractivity contribution >= 4 is 39.5 Å². The molecule has 0 atom stereocenters. The highest BCUT2D eigenvalue weighted by Crippen LogP contribution is 2.12. The zero-order valence-corrected chi connectivity index (χ0v) is 18.7. The number of nitrogens with zero attached hydrogens (tertiary/aromatic N) is 1. The second kappa shape index (κ2) is 11.9. The summed E-state index contributed by atoms with van der Waals surface area (Å²) in [5, 5.41) is 28.0. The highest BCUT2D eigenvalue weighted by Gasteiger charge is 2.17. The molecule has 0 saturated carbocycles. The van der Waals surface area contributed by atoms with E-state index in [2.05, 4.69) is 10.6 Å². The Morgan fingerprint density at radius 1 is 0.912 bits per heavy atom. The van der Waals surface area contributed by atoms with E-state index < -0.39 is 53.4 Å². The smallest absolute Gasteiger partial charge is 0.317 e. The molecule has 0 radical (unpaired) electrons. The number of carbonyl (C=O) groups is 4. The number of nitrogens with two attached hydrogens (primary N) is 1. The first kappa shape index (κ1) is 26.4. The van der Waals surface area contributed by atoms with Gasteiger partial charge in [-0.3, -0.25) is 24.1 Å². The minimum absolute atomic E-state index is 0.00631. The third kappa shape index (κ3) is 8.97. The van der Waals surface area contributed by atoms with Crippen LogP contribution in [0.15, 0.2) is 53.4 Å². The number of rotatable bonds is 12. The first-order chi connectivity index (χ1) is 15.9. The van der Waals surface area contributed by atoms with E-state index in [0.717, 1.165) is 10.5 Å². The molecule has 0 bridgehead atoms. The number of benzene rings is 2. The number of amides is 2. The molecule has 2 aromatic rings. The Labute approximate surface area is 195 Å². The van der Waals surface area contributed by atoms with Crippen LogP contribution in [0.3, 0.4) is 0 Å². The maximum atomic E-state index is 12.4. The molecule has 0 aromatic heterocycles. The number of carboxylic acid groups (broad SMARTS) is 2. The van der Waals surface area contributed by atoms with Crippen LogP contribution in [-0.4, -0.2) is 73.5 Å². The first-order valence-electron chi connectivity index (χ1n) is 9.90. The second-order valence-corrected chi connectivity index (χ2v) is 8.82. The van der Waals surface area contributed by atoms with Crippen LogP contribution in [0.1, 0.15) is 15.9 Å². The molecule has 0 unspecified atom stereocenters. The summed E-state index contributed by atoms with van der Waals surface area (Å²) < 4.78 is 22.6. The minimum Gasteiger partial charge on any atom is -0.480 e. The maximum Gasteiger partial charge on any atom is 0.317 e. The molecule has 2 amide bonds. The van der Waals surface area contributed by atoms with E-state index in [9.17, 15) is 27.6 Å². The van der Waals surface area contributed by atoms with E-state index in [1.807, 2.05) is 0 Å². The molecule has 0 heterocycles. The fourth-order valence-electron chi connectivity index (χ4n) is 2.96. The van der Waals surface area contributed by atoms with Gasteiger partial charge in [-0.15, -0.1) is 0 Å². The number of hydrogen-bond acceptors (Lipinski definition) is 7. The fraction of sp³-hybridized carbons (Fsp3) is 0.238. The third-order valence-corrected chi connectivity index (χ3v) is 5.37. The van der Waals surface area contributed by atoms with Crippen molar-refractivity contribution in [3.05, 3.63) is 59.7 Å². The third-order valence-electron chi connectivity index (χ3n) is 4.44. The summed E-state index contributed by atoms with van der Waals surface area (Å²) in [4.78, 5) is 47.2. The van der Waals surface area contributed by atoms with Crippen molar-refractivity contribution < 1.29 is 37.8 Å². The van der Waals surface area contributed by atoms with Gasteiger partial charge in [0.2, 0.25) is 15.9 Å². The van der Waals surface area contributed by atoms with Crippen LogP contribution in [0.25, 0.3) is 0 Å². The summed E-state index contributed by atoms with van der Waals surface area (Å²) in [5.41, 5.74) is 1.33. The van der Waals surface area contributed by atoms with Crippen molar-refractivity contribution in [3.8, 4) is 0 Å². The van der Waals surface area contributed by atoms with Crippen molar-refractivity contribution in [3.63, 3.8) is 0 Å². The molecular formula is C21H24N4O8S. The van der Waals surface area contributed by atoms with Crippen molar-refractivity contribution in [2.75, 3.05) is 31.5 Å². The number of sulfonamides is 1. The molecule has 0 spiro atoms. The highest BCUT2D eigenvalue weighted by atomic mass is 32.2. The molecule has 13 heteroatoms. The van der Waals surface area contributed by atoms with E-state index in [1.54, 1.807) is 18.2 Å². The summed E-state index contributed by atoms with van der Waals surface area (Å²) in [6.07, 6.45) is 0.441. The number of carboxylic acids is 2. The molecule has 0 saturated heterocycles. The number of aliphatic carboxylic acids is 2. The summed E-state index contributed by atoms with van der Waals surface area (Å²) >= 11 is 0. The van der Waals surface area contributed by atoms with Crippen molar-refractivity contribution in [2.45, 2.75) is 11.3 Å². The second-order valence-electron chi connectivity index (χ2n) is 7.26. The lowest BCUT2D eigenvalue weighted by Crippen LogP contribution is -2.40. The van der Waals surface area contributed by atoms with E-state index >= 15 is 0 Å². The summed E-state index contributed by atoms with van der Waals surface area (Å²) in [6, 6.07) is 12.0. The Balaban J connectivity index is 1.91. The molecule has 0 aliphatic heterocycles. The van der Waals surface area contributed by atoms with Crippen LogP contribution < -0.4 is 15.8 Å². The number of hydrogen-bond donors (Lipinski definition) is 5. The first-order valence-corrected chi connectivity index (χ1v) is 11.4. The lowest BCUT2D eigenvalue weighted by molar-refractivity contribution is -0.142. The topological polar surface area (TPSA) is 196 Å². The van der Waals surface area contributed by atoms with Crippen LogP contribution in [0.2, 0.25) is 0 Å². The van der Waals surface area contributed by atoms with Crippen LogP contribution >= 0.6 is 0 Å². The van der Waals surface area contributed by atoms with E-state index in [0.29, 0.717) is 6.42 Å². The van der Waals surface area contributed by atoms with E-state index in [-0.39, 0.29) is 22.7 Å². The lowest BCUT2D eigenvalue weighted by Gasteiger charge is -2.17. The quantitative estimate of drug-likeness (QED) is 0.264. The normalized spacial score (nSPS) is 11.1. The molecule has 2 rings (SSSR count). The van der Waals surface area contributed by atoms with Gasteiger partial charge >= 0.3 is 11.9 Å². The van der Waals surface area contributed by atoms with Gasteiger partial charge in [-0.05, 0) is 42.3 Å². The maximum absolute atomic E-state index is 12.4. The largest absolute Gasteiger partial charge is 0.480 e. The molecule has 0 aliphatic rings. The van der Waals surface area contributed by atoms with Gasteiger partial charge in [0.1, 0.15) is 0 Å². The number of anilines is 1. The molecule has 2 aromatic carbocycles. The van der Waals surface area contributed by atoms with Crippen molar-refractivity contribution in [2.24, 2.45) is 5.14 Å². The van der Waals surface area contributed by atoms with Crippen LogP contribution in [-0.2, 0) is 30.8 Å². The Morgan fingerprint density at radius 2 is 1.53 bits per heavy atom. The van der Waals surface area contributed by atoms with Crippen molar-refractivity contribution in [1.29, 1.82) is 0 Å². The van der Waals surface area contributed by atoms with Crippen molar-refractivity contribution in [1.82, 2.24) is 10.2 Å². The summed E-state index contributed by atoms with van der Waals surface area (Å²) in [6.45, 7) is -1.43. The van der Waals surface area contributed by atoms with Crippen LogP contribution in [0.4, 0.5) is 5.69 Å². The van der Waals surface area contributed by atoms with Gasteiger partial charge in [-0.2, -0.15) is 0 Å². The molecule has 34 heavy (non-hydrogen) atoms. The van der Waals surface area contributed by atoms with Gasteiger partial charge in [-0.25, -0.2) is 13.6 Å². The van der Waals surface area contributed by atoms with Gasteiger partial charge in [-0.1, -0.05) is 18.2 Å². The van der Waals surface area contributed by atoms with Gasteiger partial charge < -0.3 is 20.8 Å². The van der Waals surface area contributed by atoms with Gasteiger partial charge in [0.25, 0.3) is 5.91 Å². The summed E-state index contributed by atoms with van der Waals surface area (Å²) in [7, 11) is -3.77. The van der Waals surface area contributed by atoms with Gasteiger partial charge in [0, 0.05) is 17.8 Å². The zero-order valence-electron chi connectivity index (χ0n) is 17.9. The monoisotopic (exact) mass is 492 g/mol. The SMILES string of the molecule is NS(=O)(=O)c1ccc(CCNC(=O)c2cccc(NC(=O)CN(CC(=O)O)CC(=O)O)c2)cc1. The Morgan fingerprint density at radius 3 is 2.09 bits per heavy atom. The molecule has 182 valence electrons. The summed E-state index contributed by atoms with van der Waals surface area (Å²) in [5.74, 6) is -3.58. The molecule has 6 N–H and O–H groups in total. The Bertz CT molecular complexity index is 1150. The van der Waals surface area contributed by atoms with Gasteiger partial charge in [0.05, 0.1) is 24.5 Å². The molecule has 0 fully saturated rings. The standard InChI is InChI=1S/C21H24N4O8S/c22-34(32,33)17-6-4-14(5-7-17)8-9-23-21(31)15-2-1-3-16(10-15)24-18(26)11-25(12-19(27)28)13-20(29)30/h1-7,10H,8-9,11-13H2,(H,23,31)(H,24,26)(H,27,28)(H,29,30)(H2,22,32,33). The highest BCUT2D eigenvalue weighted by molar-refractivity contribution is 7.89. The molecule has 12 nitrogen and oxygen atoms in total. The zero-order chi connectivity index (χ0) is 25.3. The average Bonchev–Trinajstić information content (AvgIpc) is 2.72. The fourth-order valence-corrected chi connectivity index (χ4v) is 3.48. The van der Waals surface area contributed by atoms with Crippen LogP contribution in [0, 0.1) is 0 Å². The lowest BCUT2D eigenvalue weighted by atomic mass is 10.1. The minimum atomic E-state index is -3.77. The van der Waals surface area contributed by atoms with Crippen LogP contribution in [0.5, 0.6) is 0 Å². The number of primary sulfonamides is 1. The predicted molar refractivity (Wildman–Crippen MR) is 121 cm³/mol. The van der Waals surface area contributed by atoms with Gasteiger partial charge in [0.15, 0.2) is 0 Å². The molecular weight excluding hydrogens is 468 g/mol. The van der Waals surface area contributed by atoms with E-state index in [1.165, 1.54) is 30.3 Å². The van der Waals surface area contributed by atoms with E-state index in [4.69, 9.17) is 15.4 Å². The molecule has 0 aliphatic carbocycles.